The van der Waals surface area contributed by atoms with Crippen LogP contribution in [-0.2, 0) is 6.42 Å². The van der Waals surface area contributed by atoms with Gasteiger partial charge in [-0.3, -0.25) is 4.90 Å². The largest absolute Gasteiger partial charge is 0.300 e. The number of benzene rings is 6. The van der Waals surface area contributed by atoms with E-state index in [4.69, 9.17) is 9.97 Å². The zero-order valence-electron chi connectivity index (χ0n) is 25.8. The monoisotopic (exact) mass is 649 g/mol. The molecule has 0 unspecified atom stereocenters. The first-order chi connectivity index (χ1) is 23.8. The van der Waals surface area contributed by atoms with Gasteiger partial charge < -0.3 is 0 Å². The molecule has 0 saturated heterocycles. The summed E-state index contributed by atoms with van der Waals surface area (Å²) in [6.45, 7) is 0. The molecule has 1 aliphatic rings. The van der Waals surface area contributed by atoms with E-state index in [-0.39, 0.29) is 0 Å². The lowest BCUT2D eigenvalue weighted by molar-refractivity contribution is 1.16. The van der Waals surface area contributed by atoms with Crippen molar-refractivity contribution in [3.05, 3.63) is 162 Å². The fourth-order valence-electron chi connectivity index (χ4n) is 7.05. The van der Waals surface area contributed by atoms with E-state index in [2.05, 4.69) is 157 Å². The molecule has 226 valence electrons. The Hall–Kier alpha value is -5.62. The molecule has 4 heterocycles. The van der Waals surface area contributed by atoms with Gasteiger partial charge in [-0.1, -0.05) is 121 Å². The molecule has 3 aromatic heterocycles. The molecule has 0 saturated carbocycles. The van der Waals surface area contributed by atoms with Gasteiger partial charge in [-0.05, 0) is 46.8 Å². The minimum absolute atomic E-state index is 0.724. The first-order valence-corrected chi connectivity index (χ1v) is 17.8. The van der Waals surface area contributed by atoms with Crippen LogP contribution in [0.25, 0.3) is 64.8 Å². The Morgan fingerprint density at radius 2 is 1.15 bits per heavy atom. The fraction of sp³-hybridized carbons (Fsp3) is 0.0233. The second-order valence-electron chi connectivity index (χ2n) is 12.2. The van der Waals surface area contributed by atoms with Crippen molar-refractivity contribution in [2.24, 2.45) is 0 Å². The second-order valence-corrected chi connectivity index (χ2v) is 14.3. The average Bonchev–Trinajstić information content (AvgIpc) is 3.72. The lowest BCUT2D eigenvalue weighted by Crippen LogP contribution is -2.15. The minimum Gasteiger partial charge on any atom is -0.300 e. The summed E-state index contributed by atoms with van der Waals surface area (Å²) in [5.41, 5.74) is 10.2. The summed E-state index contributed by atoms with van der Waals surface area (Å²) < 4.78 is 2.65. The van der Waals surface area contributed by atoms with E-state index in [1.807, 2.05) is 22.7 Å². The van der Waals surface area contributed by atoms with Crippen LogP contribution in [0.2, 0.25) is 0 Å². The zero-order valence-corrected chi connectivity index (χ0v) is 27.4. The SMILES string of the molecule is c1ccc(-c2ccc(-c3nc(-c4cccc(N5c6sc7ccccc7c6Cc6sc7ccccc7c65)c4)nc4ccccc34)cc2)cc1. The Labute approximate surface area is 286 Å². The van der Waals surface area contributed by atoms with Gasteiger partial charge in [0.15, 0.2) is 5.82 Å². The Morgan fingerprint density at radius 3 is 1.98 bits per heavy atom. The third-order valence-electron chi connectivity index (χ3n) is 9.31. The van der Waals surface area contributed by atoms with Gasteiger partial charge in [-0.15, -0.1) is 22.7 Å². The van der Waals surface area contributed by atoms with E-state index in [0.717, 1.165) is 45.7 Å². The normalized spacial score (nSPS) is 12.5. The highest BCUT2D eigenvalue weighted by molar-refractivity contribution is 7.23. The molecule has 0 N–H and O–H groups in total. The summed E-state index contributed by atoms with van der Waals surface area (Å²) >= 11 is 3.79. The van der Waals surface area contributed by atoms with Crippen LogP contribution >= 0.6 is 22.7 Å². The molecular formula is C43H27N3S2. The number of para-hydroxylation sites is 1. The molecule has 48 heavy (non-hydrogen) atoms. The first kappa shape index (κ1) is 27.5. The maximum absolute atomic E-state index is 5.27. The topological polar surface area (TPSA) is 29.0 Å². The van der Waals surface area contributed by atoms with E-state index in [0.29, 0.717) is 0 Å². The van der Waals surface area contributed by atoms with E-state index in [9.17, 15) is 0 Å². The number of rotatable bonds is 4. The summed E-state index contributed by atoms with van der Waals surface area (Å²) in [6, 6.07) is 54.0. The molecule has 3 nitrogen and oxygen atoms in total. The number of hydrogen-bond acceptors (Lipinski definition) is 5. The predicted octanol–water partition coefficient (Wildman–Crippen LogP) is 12.4. The summed E-state index contributed by atoms with van der Waals surface area (Å²) in [6.07, 6.45) is 0.949. The number of hydrogen-bond donors (Lipinski definition) is 0. The molecule has 0 bridgehead atoms. The molecule has 9 aromatic rings. The molecular weight excluding hydrogens is 623 g/mol. The average molecular weight is 650 g/mol. The van der Waals surface area contributed by atoms with Crippen LogP contribution in [0.5, 0.6) is 0 Å². The molecule has 0 amide bonds. The van der Waals surface area contributed by atoms with Gasteiger partial charge in [0, 0.05) is 53.8 Å². The van der Waals surface area contributed by atoms with Crippen molar-refractivity contribution in [1.82, 2.24) is 9.97 Å². The molecule has 5 heteroatoms. The van der Waals surface area contributed by atoms with Gasteiger partial charge in [0.1, 0.15) is 5.00 Å². The van der Waals surface area contributed by atoms with Crippen molar-refractivity contribution in [2.45, 2.75) is 6.42 Å². The smallest absolute Gasteiger partial charge is 0.160 e. The maximum Gasteiger partial charge on any atom is 0.160 e. The van der Waals surface area contributed by atoms with E-state index >= 15 is 0 Å². The molecule has 0 aliphatic carbocycles. The van der Waals surface area contributed by atoms with Crippen molar-refractivity contribution in [3.8, 4) is 33.8 Å². The van der Waals surface area contributed by atoms with Crippen LogP contribution in [0, 0.1) is 0 Å². The Kier molecular flexibility index (Phi) is 6.29. The van der Waals surface area contributed by atoms with Crippen LogP contribution in [0.15, 0.2) is 152 Å². The van der Waals surface area contributed by atoms with Gasteiger partial charge >= 0.3 is 0 Å². The molecule has 0 spiro atoms. The highest BCUT2D eigenvalue weighted by atomic mass is 32.1. The van der Waals surface area contributed by atoms with Crippen LogP contribution in [-0.4, -0.2) is 9.97 Å². The summed E-state index contributed by atoms with van der Waals surface area (Å²) in [7, 11) is 0. The Balaban J connectivity index is 1.13. The van der Waals surface area contributed by atoms with Crippen molar-refractivity contribution in [3.63, 3.8) is 0 Å². The third kappa shape index (κ3) is 4.39. The first-order valence-electron chi connectivity index (χ1n) is 16.1. The van der Waals surface area contributed by atoms with Gasteiger partial charge in [0.25, 0.3) is 0 Å². The summed E-state index contributed by atoms with van der Waals surface area (Å²) in [5, 5.41) is 4.99. The maximum atomic E-state index is 5.27. The lowest BCUT2D eigenvalue weighted by atomic mass is 10.0. The van der Waals surface area contributed by atoms with Gasteiger partial charge in [0.05, 0.1) is 16.9 Å². The van der Waals surface area contributed by atoms with Gasteiger partial charge in [-0.2, -0.15) is 0 Å². The Morgan fingerprint density at radius 1 is 0.500 bits per heavy atom. The molecule has 1 aliphatic heterocycles. The summed E-state index contributed by atoms with van der Waals surface area (Å²) in [4.78, 5) is 14.3. The molecule has 10 rings (SSSR count). The minimum atomic E-state index is 0.724. The predicted molar refractivity (Wildman–Crippen MR) is 204 cm³/mol. The van der Waals surface area contributed by atoms with Crippen LogP contribution in [0.4, 0.5) is 16.4 Å². The fourth-order valence-corrected chi connectivity index (χ4v) is 9.50. The van der Waals surface area contributed by atoms with E-state index < -0.39 is 0 Å². The van der Waals surface area contributed by atoms with Crippen molar-refractivity contribution in [2.75, 3.05) is 4.90 Å². The quantitative estimate of drug-likeness (QED) is 0.190. The third-order valence-corrected chi connectivity index (χ3v) is 11.7. The zero-order chi connectivity index (χ0) is 31.6. The van der Waals surface area contributed by atoms with Crippen LogP contribution < -0.4 is 4.90 Å². The van der Waals surface area contributed by atoms with Crippen molar-refractivity contribution in [1.29, 1.82) is 0 Å². The van der Waals surface area contributed by atoms with Crippen LogP contribution in [0.3, 0.4) is 0 Å². The van der Waals surface area contributed by atoms with E-state index in [1.54, 1.807) is 0 Å². The van der Waals surface area contributed by atoms with E-state index in [1.165, 1.54) is 52.4 Å². The summed E-state index contributed by atoms with van der Waals surface area (Å²) in [5.74, 6) is 0.724. The molecule has 0 radical (unpaired) electrons. The number of thiophene rings is 2. The molecule has 6 aromatic carbocycles. The van der Waals surface area contributed by atoms with Crippen molar-refractivity contribution < 1.29 is 0 Å². The molecule has 0 atom stereocenters. The highest BCUT2D eigenvalue weighted by Gasteiger charge is 2.31. The van der Waals surface area contributed by atoms with Gasteiger partial charge in [0.2, 0.25) is 0 Å². The molecule has 0 fully saturated rings. The van der Waals surface area contributed by atoms with Crippen molar-refractivity contribution >= 4 is 70.1 Å². The standard InChI is InChI=1S/C43H27N3S2/c1-2-11-27(12-3-1)28-21-23-29(24-22-28)40-33-16-4-7-18-36(33)44-42(45-40)30-13-10-14-31(25-30)46-41-34-17-6-9-20-38(34)47-39(41)26-35-32-15-5-8-19-37(32)48-43(35)46/h1-25H,26H2. The second kappa shape index (κ2) is 11.0. The van der Waals surface area contributed by atoms with Crippen LogP contribution in [0.1, 0.15) is 10.4 Å². The Bertz CT molecular complexity index is 2650. The lowest BCUT2D eigenvalue weighted by Gasteiger charge is -2.30. The highest BCUT2D eigenvalue weighted by Crippen LogP contribution is 2.55. The van der Waals surface area contributed by atoms with Gasteiger partial charge in [-0.25, -0.2) is 9.97 Å². The number of fused-ring (bicyclic) bond motifs is 7. The number of aromatic nitrogens is 2. The number of nitrogens with zero attached hydrogens (tertiary/aromatic N) is 3. The number of anilines is 3.